The first-order chi connectivity index (χ1) is 10.7. The second-order valence-electron chi connectivity index (χ2n) is 5.20. The summed E-state index contributed by atoms with van der Waals surface area (Å²) in [5.74, 6) is 0. The van der Waals surface area contributed by atoms with E-state index in [-0.39, 0.29) is 0 Å². The van der Waals surface area contributed by atoms with E-state index in [4.69, 9.17) is 4.98 Å². The molecule has 0 aliphatic rings. The van der Waals surface area contributed by atoms with Crippen molar-refractivity contribution in [3.8, 4) is 16.4 Å². The highest BCUT2D eigenvalue weighted by molar-refractivity contribution is 7.20. The second kappa shape index (κ2) is 5.03. The van der Waals surface area contributed by atoms with E-state index in [1.807, 2.05) is 30.3 Å². The molecule has 0 saturated heterocycles. The molecule has 108 valence electrons. The molecule has 1 aromatic carbocycles. The minimum atomic E-state index is 0.701. The zero-order chi connectivity index (χ0) is 15.1. The first kappa shape index (κ1) is 13.2. The van der Waals surface area contributed by atoms with Gasteiger partial charge in [-0.15, -0.1) is 0 Å². The van der Waals surface area contributed by atoms with E-state index in [2.05, 4.69) is 40.5 Å². The van der Waals surface area contributed by atoms with Crippen LogP contribution < -0.4 is 0 Å². The number of aryl methyl sites for hydroxylation is 2. The third kappa shape index (κ3) is 2.10. The fraction of sp³-hybridized carbons (Fsp3) is 0.118. The van der Waals surface area contributed by atoms with Crippen LogP contribution in [0.25, 0.3) is 26.9 Å². The van der Waals surface area contributed by atoms with Crippen molar-refractivity contribution in [2.75, 3.05) is 0 Å². The summed E-state index contributed by atoms with van der Waals surface area (Å²) in [5.41, 5.74) is 4.98. The molecule has 0 N–H and O–H groups in total. The molecule has 0 bridgehead atoms. The summed E-state index contributed by atoms with van der Waals surface area (Å²) in [6.07, 6.45) is 1.79. The molecule has 3 aromatic heterocycles. The molecule has 0 radical (unpaired) electrons. The van der Waals surface area contributed by atoms with Crippen molar-refractivity contribution in [3.05, 3.63) is 60.0 Å². The van der Waals surface area contributed by atoms with Crippen LogP contribution in [0.3, 0.4) is 0 Å². The highest BCUT2D eigenvalue weighted by atomic mass is 32.1. The molecule has 4 nitrogen and oxygen atoms in total. The molecule has 0 fully saturated rings. The summed E-state index contributed by atoms with van der Waals surface area (Å²) >= 11 is 1.57. The molecule has 4 rings (SSSR count). The van der Waals surface area contributed by atoms with E-state index < -0.39 is 0 Å². The van der Waals surface area contributed by atoms with Crippen molar-refractivity contribution in [1.82, 2.24) is 19.5 Å². The molecule has 0 saturated carbocycles. The number of hydrogen-bond acceptors (Lipinski definition) is 4. The van der Waals surface area contributed by atoms with Gasteiger partial charge in [0.15, 0.2) is 15.6 Å². The summed E-state index contributed by atoms with van der Waals surface area (Å²) in [4.78, 5) is 14.7. The lowest BCUT2D eigenvalue weighted by Crippen LogP contribution is -1.97. The summed E-state index contributed by atoms with van der Waals surface area (Å²) < 4.78 is 2.14. The monoisotopic (exact) mass is 306 g/mol. The van der Waals surface area contributed by atoms with Gasteiger partial charge in [0.1, 0.15) is 0 Å². The minimum Gasteiger partial charge on any atom is -0.295 e. The number of benzene rings is 1. The fourth-order valence-corrected chi connectivity index (χ4v) is 3.54. The van der Waals surface area contributed by atoms with Gasteiger partial charge in [0, 0.05) is 17.0 Å². The number of thiazole rings is 1. The van der Waals surface area contributed by atoms with Gasteiger partial charge in [0.2, 0.25) is 0 Å². The van der Waals surface area contributed by atoms with Gasteiger partial charge in [-0.25, -0.2) is 9.97 Å². The van der Waals surface area contributed by atoms with Crippen molar-refractivity contribution in [3.63, 3.8) is 0 Å². The first-order valence-electron chi connectivity index (χ1n) is 7.07. The maximum absolute atomic E-state index is 4.72. The Kier molecular flexibility index (Phi) is 3.01. The highest BCUT2D eigenvalue weighted by Crippen LogP contribution is 2.27. The Hall–Kier alpha value is -2.53. The molecule has 0 atom stereocenters. The molecule has 5 heteroatoms. The Morgan fingerprint density at radius 1 is 0.909 bits per heavy atom. The SMILES string of the molecule is Cc1ccc(C)n1-c1nc2ncc(-c3ccccc3)nc2s1. The molecular weight excluding hydrogens is 292 g/mol. The fourth-order valence-electron chi connectivity index (χ4n) is 2.52. The number of fused-ring (bicyclic) bond motifs is 1. The highest BCUT2D eigenvalue weighted by Gasteiger charge is 2.12. The van der Waals surface area contributed by atoms with Crippen LogP contribution in [-0.4, -0.2) is 19.5 Å². The average molecular weight is 306 g/mol. The molecule has 0 unspecified atom stereocenters. The van der Waals surface area contributed by atoms with E-state index in [1.165, 1.54) is 11.4 Å². The largest absolute Gasteiger partial charge is 0.295 e. The van der Waals surface area contributed by atoms with Crippen LogP contribution in [0.2, 0.25) is 0 Å². The normalized spacial score (nSPS) is 11.2. The van der Waals surface area contributed by atoms with Crippen molar-refractivity contribution in [2.24, 2.45) is 0 Å². The quantitative estimate of drug-likeness (QED) is 0.558. The molecule has 0 amide bonds. The smallest absolute Gasteiger partial charge is 0.198 e. The van der Waals surface area contributed by atoms with E-state index >= 15 is 0 Å². The summed E-state index contributed by atoms with van der Waals surface area (Å²) in [5, 5.41) is 0.917. The molecule has 3 heterocycles. The minimum absolute atomic E-state index is 0.701. The molecule has 4 aromatic rings. The summed E-state index contributed by atoms with van der Waals surface area (Å²) in [7, 11) is 0. The lowest BCUT2D eigenvalue weighted by molar-refractivity contribution is 0.953. The lowest BCUT2D eigenvalue weighted by atomic mass is 10.2. The Morgan fingerprint density at radius 2 is 1.64 bits per heavy atom. The van der Waals surface area contributed by atoms with Crippen LogP contribution in [0, 0.1) is 13.8 Å². The van der Waals surface area contributed by atoms with Crippen molar-refractivity contribution < 1.29 is 0 Å². The number of rotatable bonds is 2. The second-order valence-corrected chi connectivity index (χ2v) is 6.15. The summed E-state index contributed by atoms with van der Waals surface area (Å²) in [6.45, 7) is 4.16. The van der Waals surface area contributed by atoms with Crippen LogP contribution in [-0.2, 0) is 0 Å². The van der Waals surface area contributed by atoms with Crippen molar-refractivity contribution in [2.45, 2.75) is 13.8 Å². The number of nitrogens with zero attached hydrogens (tertiary/aromatic N) is 4. The van der Waals surface area contributed by atoms with Crippen LogP contribution in [0.4, 0.5) is 0 Å². The van der Waals surface area contributed by atoms with Crippen LogP contribution in [0.5, 0.6) is 0 Å². The standard InChI is InChI=1S/C17H14N4S/c1-11-8-9-12(2)21(11)17-20-15-16(22-17)19-14(10-18-15)13-6-4-3-5-7-13/h3-10H,1-2H3. The van der Waals surface area contributed by atoms with Gasteiger partial charge in [-0.3, -0.25) is 4.57 Å². The third-order valence-corrected chi connectivity index (χ3v) is 4.57. The van der Waals surface area contributed by atoms with Crippen LogP contribution in [0.15, 0.2) is 48.7 Å². The Balaban J connectivity index is 1.85. The lowest BCUT2D eigenvalue weighted by Gasteiger charge is -2.02. The molecule has 0 aliphatic heterocycles. The number of aromatic nitrogens is 4. The van der Waals surface area contributed by atoms with Gasteiger partial charge in [-0.1, -0.05) is 41.7 Å². The Labute approximate surface area is 132 Å². The van der Waals surface area contributed by atoms with Crippen molar-refractivity contribution >= 4 is 21.8 Å². The van der Waals surface area contributed by atoms with Gasteiger partial charge >= 0.3 is 0 Å². The van der Waals surface area contributed by atoms with E-state index in [1.54, 1.807) is 17.5 Å². The molecule has 22 heavy (non-hydrogen) atoms. The van der Waals surface area contributed by atoms with Gasteiger partial charge in [-0.05, 0) is 26.0 Å². The van der Waals surface area contributed by atoms with E-state index in [0.717, 1.165) is 21.2 Å². The molecular formula is C17H14N4S. The first-order valence-corrected chi connectivity index (χ1v) is 7.88. The van der Waals surface area contributed by atoms with Gasteiger partial charge < -0.3 is 0 Å². The Morgan fingerprint density at radius 3 is 2.36 bits per heavy atom. The molecule has 0 aliphatic carbocycles. The third-order valence-electron chi connectivity index (χ3n) is 3.64. The summed E-state index contributed by atoms with van der Waals surface area (Å²) in [6, 6.07) is 14.3. The predicted octanol–water partition coefficient (Wildman–Crippen LogP) is 4.16. The maximum atomic E-state index is 4.72. The van der Waals surface area contributed by atoms with Crippen molar-refractivity contribution in [1.29, 1.82) is 0 Å². The Bertz CT molecular complexity index is 934. The maximum Gasteiger partial charge on any atom is 0.198 e. The van der Waals surface area contributed by atoms with Crippen LogP contribution >= 0.6 is 11.3 Å². The van der Waals surface area contributed by atoms with Gasteiger partial charge in [-0.2, -0.15) is 4.98 Å². The van der Waals surface area contributed by atoms with Gasteiger partial charge in [0.05, 0.1) is 11.9 Å². The number of hydrogen-bond donors (Lipinski definition) is 0. The topological polar surface area (TPSA) is 43.6 Å². The van der Waals surface area contributed by atoms with E-state index in [0.29, 0.717) is 5.65 Å². The predicted molar refractivity (Wildman–Crippen MR) is 89.4 cm³/mol. The van der Waals surface area contributed by atoms with E-state index in [9.17, 15) is 0 Å². The zero-order valence-electron chi connectivity index (χ0n) is 12.3. The van der Waals surface area contributed by atoms with Gasteiger partial charge in [0.25, 0.3) is 0 Å². The average Bonchev–Trinajstić information content (AvgIpc) is 3.10. The molecule has 0 spiro atoms. The zero-order valence-corrected chi connectivity index (χ0v) is 13.1. The van der Waals surface area contributed by atoms with Crippen LogP contribution in [0.1, 0.15) is 11.4 Å².